The summed E-state index contributed by atoms with van der Waals surface area (Å²) in [5.74, 6) is -0.0570. The molecular weight excluding hydrogens is 456 g/mol. The van der Waals surface area contributed by atoms with Gasteiger partial charge in [-0.2, -0.15) is 13.2 Å². The van der Waals surface area contributed by atoms with Gasteiger partial charge in [0.25, 0.3) is 0 Å². The van der Waals surface area contributed by atoms with Crippen LogP contribution in [0.1, 0.15) is 33.5 Å². The van der Waals surface area contributed by atoms with Gasteiger partial charge in [0.2, 0.25) is 0 Å². The lowest BCUT2D eigenvalue weighted by atomic mass is 9.79. The van der Waals surface area contributed by atoms with Crippen LogP contribution < -0.4 is 15.3 Å². The van der Waals surface area contributed by atoms with Crippen molar-refractivity contribution in [1.29, 1.82) is 0 Å². The first-order valence-corrected chi connectivity index (χ1v) is 11.9. The highest BCUT2D eigenvalue weighted by molar-refractivity contribution is 6.62. The van der Waals surface area contributed by atoms with Gasteiger partial charge in [0.05, 0.1) is 22.2 Å². The highest BCUT2D eigenvalue weighted by atomic mass is 19.4. The Morgan fingerprint density at radius 2 is 1.43 bits per heavy atom. The average molecular weight is 486 g/mol. The van der Waals surface area contributed by atoms with Gasteiger partial charge < -0.3 is 24.1 Å². The lowest BCUT2D eigenvalue weighted by Crippen LogP contribution is -2.46. The molecule has 0 unspecified atom stereocenters. The Kier molecular flexibility index (Phi) is 5.79. The minimum absolute atomic E-state index is 0.0570. The molecule has 3 aromatic rings. The van der Waals surface area contributed by atoms with E-state index in [1.54, 1.807) is 6.07 Å². The van der Waals surface area contributed by atoms with E-state index in [1.165, 1.54) is 0 Å². The van der Waals surface area contributed by atoms with E-state index in [-0.39, 0.29) is 24.1 Å². The topological polar surface area (TPSA) is 53.6 Å². The molecule has 35 heavy (non-hydrogen) atoms. The molecule has 0 bridgehead atoms. The molecule has 2 aromatic carbocycles. The highest BCUT2D eigenvalue weighted by Gasteiger charge is 2.51. The number of aromatic amines is 1. The second kappa shape index (κ2) is 8.45. The fourth-order valence-corrected chi connectivity index (χ4v) is 4.56. The number of hydrogen-bond donors (Lipinski definition) is 1. The van der Waals surface area contributed by atoms with E-state index >= 15 is 0 Å². The minimum Gasteiger partial charge on any atom is -0.399 e. The average Bonchev–Trinajstić information content (AvgIpc) is 3.27. The number of nitrogens with one attached hydrogen (secondary N) is 1. The Morgan fingerprint density at radius 1 is 0.886 bits per heavy atom. The summed E-state index contributed by atoms with van der Waals surface area (Å²) in [6.45, 7) is 11.5. The molecule has 186 valence electrons. The predicted octanol–water partition coefficient (Wildman–Crippen LogP) is 4.29. The van der Waals surface area contributed by atoms with Gasteiger partial charge >= 0.3 is 13.3 Å². The van der Waals surface area contributed by atoms with Crippen LogP contribution in [-0.4, -0.2) is 60.6 Å². The molecule has 1 aromatic heterocycles. The summed E-state index contributed by atoms with van der Waals surface area (Å²) in [5, 5.41) is 0. The van der Waals surface area contributed by atoms with Crippen LogP contribution in [-0.2, 0) is 15.7 Å². The molecule has 0 amide bonds. The zero-order valence-corrected chi connectivity index (χ0v) is 20.4. The van der Waals surface area contributed by atoms with Crippen molar-refractivity contribution in [3.8, 4) is 0 Å². The van der Waals surface area contributed by atoms with E-state index in [2.05, 4.69) is 44.0 Å². The molecule has 0 aliphatic carbocycles. The number of anilines is 2. The lowest BCUT2D eigenvalue weighted by Gasteiger charge is -2.37. The number of benzene rings is 2. The highest BCUT2D eigenvalue weighted by Crippen LogP contribution is 2.36. The fraction of sp³-hybridized carbons (Fsp3) is 0.480. The zero-order chi connectivity index (χ0) is 25.0. The summed E-state index contributed by atoms with van der Waals surface area (Å²) >= 11 is 0. The molecule has 0 spiro atoms. The van der Waals surface area contributed by atoms with Crippen LogP contribution >= 0.6 is 0 Å². The van der Waals surface area contributed by atoms with Gasteiger partial charge in [-0.25, -0.2) is 4.98 Å². The van der Waals surface area contributed by atoms with E-state index in [0.717, 1.165) is 43.0 Å². The van der Waals surface area contributed by atoms with Crippen molar-refractivity contribution in [3.63, 3.8) is 0 Å². The van der Waals surface area contributed by atoms with E-state index in [4.69, 9.17) is 9.31 Å². The third-order valence-corrected chi connectivity index (χ3v) is 7.31. The predicted molar refractivity (Wildman–Crippen MR) is 132 cm³/mol. The number of aromatic nitrogens is 2. The van der Waals surface area contributed by atoms with Crippen LogP contribution in [0.5, 0.6) is 0 Å². The quantitative estimate of drug-likeness (QED) is 0.558. The maximum Gasteiger partial charge on any atom is 0.494 e. The fourth-order valence-electron chi connectivity index (χ4n) is 4.56. The lowest BCUT2D eigenvalue weighted by molar-refractivity contribution is -0.128. The maximum atomic E-state index is 12.7. The largest absolute Gasteiger partial charge is 0.494 e. The summed E-state index contributed by atoms with van der Waals surface area (Å²) in [6, 6.07) is 13.9. The van der Waals surface area contributed by atoms with Gasteiger partial charge in [-0.15, -0.1) is 0 Å². The Morgan fingerprint density at radius 3 is 2.00 bits per heavy atom. The van der Waals surface area contributed by atoms with Gasteiger partial charge in [0.15, 0.2) is 0 Å². The molecule has 2 aliphatic heterocycles. The number of imidazole rings is 1. The summed E-state index contributed by atoms with van der Waals surface area (Å²) in [5.41, 5.74) is 3.57. The molecule has 2 saturated heterocycles. The summed E-state index contributed by atoms with van der Waals surface area (Å²) < 4.78 is 50.4. The minimum atomic E-state index is -4.28. The van der Waals surface area contributed by atoms with E-state index in [9.17, 15) is 13.2 Å². The molecule has 2 fully saturated rings. The molecule has 5 rings (SSSR count). The molecule has 1 N–H and O–H groups in total. The van der Waals surface area contributed by atoms with Crippen molar-refractivity contribution in [1.82, 2.24) is 9.97 Å². The number of nitrogens with zero attached hydrogens (tertiary/aromatic N) is 3. The SMILES string of the molecule is CC1(C)OB(c2ccc(N3CCN(c4ccc5nc(CC(F)(F)F)[nH]c5c4)CC3)cc2)OC1(C)C. The van der Waals surface area contributed by atoms with Gasteiger partial charge in [-0.05, 0) is 63.5 Å². The first-order valence-electron chi connectivity index (χ1n) is 11.9. The molecule has 0 atom stereocenters. The van der Waals surface area contributed by atoms with E-state index < -0.39 is 12.6 Å². The van der Waals surface area contributed by atoms with Crippen LogP contribution in [0.3, 0.4) is 0 Å². The van der Waals surface area contributed by atoms with Crippen molar-refractivity contribution >= 4 is 35.0 Å². The second-order valence-electron chi connectivity index (χ2n) is 10.3. The van der Waals surface area contributed by atoms with Crippen LogP contribution in [0, 0.1) is 0 Å². The van der Waals surface area contributed by atoms with Crippen molar-refractivity contribution < 1.29 is 22.5 Å². The molecule has 0 saturated carbocycles. The first kappa shape index (κ1) is 24.0. The van der Waals surface area contributed by atoms with Gasteiger partial charge in [0, 0.05) is 37.6 Å². The smallest absolute Gasteiger partial charge is 0.399 e. The number of rotatable bonds is 4. The molecular formula is C25H30BF3N4O2. The standard InChI is InChI=1S/C25H30BF3N4O2/c1-23(2)24(3,4)35-26(34-23)17-5-7-18(8-6-17)32-11-13-33(14-12-32)19-9-10-20-21(15-19)31-22(30-20)16-25(27,28)29/h5-10,15H,11-14,16H2,1-4H3,(H,30,31). The summed E-state index contributed by atoms with van der Waals surface area (Å²) in [4.78, 5) is 11.5. The summed E-state index contributed by atoms with van der Waals surface area (Å²) in [7, 11) is -0.375. The molecule has 10 heteroatoms. The van der Waals surface area contributed by atoms with Crippen LogP contribution in [0.15, 0.2) is 42.5 Å². The van der Waals surface area contributed by atoms with Crippen molar-refractivity contribution in [2.75, 3.05) is 36.0 Å². The molecule has 2 aliphatic rings. The monoisotopic (exact) mass is 486 g/mol. The normalized spacial score (nSPS) is 20.1. The van der Waals surface area contributed by atoms with Gasteiger partial charge in [-0.3, -0.25) is 0 Å². The van der Waals surface area contributed by atoms with Crippen molar-refractivity contribution in [3.05, 3.63) is 48.3 Å². The number of hydrogen-bond acceptors (Lipinski definition) is 5. The number of piperazine rings is 1. The van der Waals surface area contributed by atoms with Gasteiger partial charge in [0.1, 0.15) is 12.2 Å². The Hall–Kier alpha value is -2.72. The van der Waals surface area contributed by atoms with Crippen molar-refractivity contribution in [2.24, 2.45) is 0 Å². The zero-order valence-electron chi connectivity index (χ0n) is 20.4. The number of fused-ring (bicyclic) bond motifs is 1. The molecule has 3 heterocycles. The second-order valence-corrected chi connectivity index (χ2v) is 10.3. The first-order chi connectivity index (χ1) is 16.4. The van der Waals surface area contributed by atoms with Crippen molar-refractivity contribution in [2.45, 2.75) is 51.5 Å². The molecule has 6 nitrogen and oxygen atoms in total. The summed E-state index contributed by atoms with van der Waals surface area (Å²) in [6.07, 6.45) is -5.33. The Labute approximate surface area is 203 Å². The Balaban J connectivity index is 1.21. The number of alkyl halides is 3. The van der Waals surface area contributed by atoms with Crippen LogP contribution in [0.2, 0.25) is 0 Å². The molecule has 0 radical (unpaired) electrons. The Bertz CT molecular complexity index is 1190. The maximum absolute atomic E-state index is 12.7. The van der Waals surface area contributed by atoms with E-state index in [0.29, 0.717) is 11.0 Å². The third kappa shape index (κ3) is 4.86. The van der Waals surface area contributed by atoms with E-state index in [1.807, 2.05) is 39.8 Å². The van der Waals surface area contributed by atoms with Crippen LogP contribution in [0.4, 0.5) is 24.5 Å². The van der Waals surface area contributed by atoms with Crippen LogP contribution in [0.25, 0.3) is 11.0 Å². The van der Waals surface area contributed by atoms with Gasteiger partial charge in [-0.1, -0.05) is 12.1 Å². The number of H-pyrrole nitrogens is 1. The number of halogens is 3. The third-order valence-electron chi connectivity index (χ3n) is 7.31.